The van der Waals surface area contributed by atoms with Crippen LogP contribution in [0.3, 0.4) is 0 Å². The molecular weight excluding hydrogens is 332 g/mol. The van der Waals surface area contributed by atoms with Gasteiger partial charge in [-0.05, 0) is 43.3 Å². The van der Waals surface area contributed by atoms with Crippen molar-refractivity contribution in [2.24, 2.45) is 0 Å². The van der Waals surface area contributed by atoms with E-state index in [9.17, 15) is 4.79 Å². The van der Waals surface area contributed by atoms with Gasteiger partial charge in [0.25, 0.3) is 0 Å². The molecule has 0 unspecified atom stereocenters. The molecule has 130 valence electrons. The number of rotatable bonds is 6. The minimum absolute atomic E-state index is 0.0798. The monoisotopic (exact) mass is 348 g/mol. The molecule has 1 aromatic heterocycles. The topological polar surface area (TPSA) is 90.0 Å². The maximum atomic E-state index is 12.2. The van der Waals surface area contributed by atoms with Crippen molar-refractivity contribution in [1.82, 2.24) is 15.0 Å². The van der Waals surface area contributed by atoms with Crippen molar-refractivity contribution in [3.8, 4) is 17.5 Å². The van der Waals surface area contributed by atoms with Crippen LogP contribution >= 0.6 is 0 Å². The molecule has 0 amide bonds. The molecule has 0 radical (unpaired) electrons. The highest BCUT2D eigenvalue weighted by Crippen LogP contribution is 2.12. The molecule has 0 N–H and O–H groups in total. The Hall–Kier alpha value is -3.66. The molecule has 0 aliphatic carbocycles. The van der Waals surface area contributed by atoms with Crippen molar-refractivity contribution in [3.63, 3.8) is 0 Å². The second-order valence-corrected chi connectivity index (χ2v) is 5.38. The van der Waals surface area contributed by atoms with Gasteiger partial charge in [0.15, 0.2) is 5.69 Å². The minimum atomic E-state index is -0.548. The fourth-order valence-corrected chi connectivity index (χ4v) is 2.23. The second kappa shape index (κ2) is 7.94. The van der Waals surface area contributed by atoms with Crippen LogP contribution in [0, 0.1) is 18.3 Å². The summed E-state index contributed by atoms with van der Waals surface area (Å²) >= 11 is 0. The van der Waals surface area contributed by atoms with Gasteiger partial charge in [0, 0.05) is 0 Å². The molecule has 0 fully saturated rings. The molecular formula is C19H16N4O3. The van der Waals surface area contributed by atoms with E-state index in [1.807, 2.05) is 36.4 Å². The van der Waals surface area contributed by atoms with E-state index in [1.54, 1.807) is 31.2 Å². The first kappa shape index (κ1) is 17.2. The fraction of sp³-hybridized carbons (Fsp3) is 0.158. The number of carbonyl (C=O) groups is 1. The molecule has 2 aromatic carbocycles. The molecule has 1 heterocycles. The summed E-state index contributed by atoms with van der Waals surface area (Å²) in [6.07, 6.45) is 0. The van der Waals surface area contributed by atoms with E-state index < -0.39 is 5.97 Å². The molecule has 0 saturated carbocycles. The normalized spacial score (nSPS) is 10.2. The molecule has 0 saturated heterocycles. The molecule has 0 atom stereocenters. The molecule has 0 aliphatic heterocycles. The number of hydrogen-bond donors (Lipinski definition) is 0. The van der Waals surface area contributed by atoms with Crippen LogP contribution in [-0.2, 0) is 4.74 Å². The lowest BCUT2D eigenvalue weighted by atomic mass is 10.2. The maximum absolute atomic E-state index is 12.2. The van der Waals surface area contributed by atoms with E-state index in [0.717, 1.165) is 5.69 Å². The summed E-state index contributed by atoms with van der Waals surface area (Å²) in [5.74, 6) is 0.0550. The first-order valence-corrected chi connectivity index (χ1v) is 7.97. The molecule has 0 spiro atoms. The summed E-state index contributed by atoms with van der Waals surface area (Å²) in [6, 6.07) is 18.1. The molecule has 0 aliphatic rings. The Morgan fingerprint density at radius 2 is 1.81 bits per heavy atom. The van der Waals surface area contributed by atoms with Crippen LogP contribution in [-0.4, -0.2) is 34.2 Å². The van der Waals surface area contributed by atoms with Crippen LogP contribution < -0.4 is 4.74 Å². The summed E-state index contributed by atoms with van der Waals surface area (Å²) in [5.41, 5.74) is 1.98. The molecule has 0 bridgehead atoms. The third-order valence-electron chi connectivity index (χ3n) is 3.53. The predicted octanol–water partition coefficient (Wildman–Crippen LogP) is 2.68. The average Bonchev–Trinajstić information content (AvgIpc) is 3.08. The predicted molar refractivity (Wildman–Crippen MR) is 93.0 cm³/mol. The Kier molecular flexibility index (Phi) is 5.25. The highest BCUT2D eigenvalue weighted by molar-refractivity contribution is 5.88. The SMILES string of the molecule is Cc1nn(-c2ccccc2)nc1C(=O)OCCOc1ccc(C#N)cc1. The average molecular weight is 348 g/mol. The number of ether oxygens (including phenoxy) is 2. The molecule has 7 heteroatoms. The van der Waals surface area contributed by atoms with Crippen LogP contribution in [0.2, 0.25) is 0 Å². The summed E-state index contributed by atoms with van der Waals surface area (Å²) < 4.78 is 10.7. The minimum Gasteiger partial charge on any atom is -0.490 e. The summed E-state index contributed by atoms with van der Waals surface area (Å²) in [7, 11) is 0. The van der Waals surface area contributed by atoms with Crippen LogP contribution in [0.1, 0.15) is 21.7 Å². The van der Waals surface area contributed by atoms with Gasteiger partial charge in [-0.2, -0.15) is 15.2 Å². The zero-order valence-electron chi connectivity index (χ0n) is 14.1. The van der Waals surface area contributed by atoms with Gasteiger partial charge in [-0.3, -0.25) is 0 Å². The Morgan fingerprint density at radius 1 is 1.08 bits per heavy atom. The van der Waals surface area contributed by atoms with E-state index in [-0.39, 0.29) is 18.9 Å². The lowest BCUT2D eigenvalue weighted by Crippen LogP contribution is -2.14. The zero-order valence-corrected chi connectivity index (χ0v) is 14.1. The van der Waals surface area contributed by atoms with Crippen molar-refractivity contribution in [2.75, 3.05) is 13.2 Å². The Balaban J connectivity index is 1.53. The van der Waals surface area contributed by atoms with E-state index in [0.29, 0.717) is 17.0 Å². The lowest BCUT2D eigenvalue weighted by Gasteiger charge is -2.06. The van der Waals surface area contributed by atoms with Crippen LogP contribution in [0.5, 0.6) is 5.75 Å². The number of nitrogens with zero attached hydrogens (tertiary/aromatic N) is 4. The van der Waals surface area contributed by atoms with Crippen molar-refractivity contribution < 1.29 is 14.3 Å². The van der Waals surface area contributed by atoms with E-state index in [1.165, 1.54) is 4.80 Å². The van der Waals surface area contributed by atoms with Crippen molar-refractivity contribution in [3.05, 3.63) is 71.5 Å². The van der Waals surface area contributed by atoms with Crippen molar-refractivity contribution >= 4 is 5.97 Å². The quantitative estimate of drug-likeness (QED) is 0.502. The standard InChI is InChI=1S/C19H16N4O3/c1-14-18(22-23(21-14)16-5-3-2-4-6-16)19(24)26-12-11-25-17-9-7-15(13-20)8-10-17/h2-10H,11-12H2,1H3. The summed E-state index contributed by atoms with van der Waals surface area (Å²) in [5, 5.41) is 17.2. The number of carbonyl (C=O) groups excluding carboxylic acids is 1. The van der Waals surface area contributed by atoms with Gasteiger partial charge in [-0.15, -0.1) is 5.10 Å². The van der Waals surface area contributed by atoms with Crippen molar-refractivity contribution in [1.29, 1.82) is 5.26 Å². The number of hydrogen-bond acceptors (Lipinski definition) is 6. The number of benzene rings is 2. The first-order valence-electron chi connectivity index (χ1n) is 7.97. The second-order valence-electron chi connectivity index (χ2n) is 5.38. The number of para-hydroxylation sites is 1. The maximum Gasteiger partial charge on any atom is 0.360 e. The molecule has 7 nitrogen and oxygen atoms in total. The third kappa shape index (κ3) is 4.05. The summed E-state index contributed by atoms with van der Waals surface area (Å²) in [4.78, 5) is 13.6. The molecule has 26 heavy (non-hydrogen) atoms. The number of esters is 1. The van der Waals surface area contributed by atoms with Crippen LogP contribution in [0.4, 0.5) is 0 Å². The highest BCUT2D eigenvalue weighted by atomic mass is 16.6. The number of aromatic nitrogens is 3. The van der Waals surface area contributed by atoms with Gasteiger partial charge in [0.1, 0.15) is 19.0 Å². The van der Waals surface area contributed by atoms with Crippen molar-refractivity contribution in [2.45, 2.75) is 6.92 Å². The van der Waals surface area contributed by atoms with Gasteiger partial charge in [-0.1, -0.05) is 18.2 Å². The Morgan fingerprint density at radius 3 is 2.50 bits per heavy atom. The highest BCUT2D eigenvalue weighted by Gasteiger charge is 2.17. The van der Waals surface area contributed by atoms with E-state index in [4.69, 9.17) is 14.7 Å². The summed E-state index contributed by atoms with van der Waals surface area (Å²) in [6.45, 7) is 1.98. The van der Waals surface area contributed by atoms with E-state index >= 15 is 0 Å². The fourth-order valence-electron chi connectivity index (χ4n) is 2.23. The van der Waals surface area contributed by atoms with E-state index in [2.05, 4.69) is 10.2 Å². The van der Waals surface area contributed by atoms with Gasteiger partial charge in [0.2, 0.25) is 0 Å². The largest absolute Gasteiger partial charge is 0.490 e. The third-order valence-corrected chi connectivity index (χ3v) is 3.53. The smallest absolute Gasteiger partial charge is 0.360 e. The van der Waals surface area contributed by atoms with Gasteiger partial charge >= 0.3 is 5.97 Å². The van der Waals surface area contributed by atoms with Gasteiger partial charge < -0.3 is 9.47 Å². The van der Waals surface area contributed by atoms with Gasteiger partial charge in [0.05, 0.1) is 23.0 Å². The molecule has 3 rings (SSSR count). The molecule has 3 aromatic rings. The van der Waals surface area contributed by atoms with Crippen LogP contribution in [0.25, 0.3) is 5.69 Å². The Bertz CT molecular complexity index is 928. The van der Waals surface area contributed by atoms with Gasteiger partial charge in [-0.25, -0.2) is 4.79 Å². The van der Waals surface area contributed by atoms with Crippen LogP contribution in [0.15, 0.2) is 54.6 Å². The number of nitriles is 1. The lowest BCUT2D eigenvalue weighted by molar-refractivity contribution is 0.0442. The first-order chi connectivity index (χ1) is 12.7. The Labute approximate surface area is 150 Å². The number of aryl methyl sites for hydroxylation is 1. The zero-order chi connectivity index (χ0) is 18.4.